The molecule has 1 atom stereocenters. The number of rotatable bonds is 6. The lowest BCUT2D eigenvalue weighted by molar-refractivity contribution is 0.180. The number of aromatic nitrogens is 6. The number of nitrogens with zero attached hydrogens (tertiary/aromatic N) is 4. The van der Waals surface area contributed by atoms with Gasteiger partial charge in [0.15, 0.2) is 11.5 Å². The molecule has 1 aliphatic rings. The molecule has 4 aromatic heterocycles. The first-order valence-electron chi connectivity index (χ1n) is 12.2. The molecular formula is C28H21F2N7O. The van der Waals surface area contributed by atoms with Crippen LogP contribution in [0, 0.1) is 17.6 Å². The van der Waals surface area contributed by atoms with Gasteiger partial charge in [0.25, 0.3) is 0 Å². The highest BCUT2D eigenvalue weighted by Gasteiger charge is 2.29. The molecule has 0 spiro atoms. The van der Waals surface area contributed by atoms with Crippen molar-refractivity contribution >= 4 is 27.8 Å². The summed E-state index contributed by atoms with van der Waals surface area (Å²) in [6.45, 7) is 0. The lowest BCUT2D eigenvalue weighted by Crippen LogP contribution is -2.20. The van der Waals surface area contributed by atoms with Crippen molar-refractivity contribution in [3.63, 3.8) is 0 Å². The van der Waals surface area contributed by atoms with E-state index in [4.69, 9.17) is 0 Å². The zero-order valence-electron chi connectivity index (χ0n) is 19.9. The van der Waals surface area contributed by atoms with E-state index in [0.717, 1.165) is 12.8 Å². The van der Waals surface area contributed by atoms with E-state index >= 15 is 4.39 Å². The number of nitrogens with one attached hydrogen (secondary N) is 3. The Balaban J connectivity index is 1.31. The quantitative estimate of drug-likeness (QED) is 0.216. The average Bonchev–Trinajstić information content (AvgIpc) is 3.54. The number of imidazole rings is 1. The second-order valence-corrected chi connectivity index (χ2v) is 9.46. The highest BCUT2D eigenvalue weighted by molar-refractivity contribution is 5.98. The summed E-state index contributed by atoms with van der Waals surface area (Å²) in [5, 5.41) is 20.8. The van der Waals surface area contributed by atoms with Gasteiger partial charge in [0.05, 0.1) is 22.8 Å². The first-order valence-corrected chi connectivity index (χ1v) is 12.2. The number of benzene rings is 2. The fourth-order valence-electron chi connectivity index (χ4n) is 4.75. The summed E-state index contributed by atoms with van der Waals surface area (Å²) in [5.41, 5.74) is 4.67. The van der Waals surface area contributed by atoms with Crippen molar-refractivity contribution in [3.05, 3.63) is 78.8 Å². The van der Waals surface area contributed by atoms with E-state index in [0.29, 0.717) is 56.1 Å². The first-order chi connectivity index (χ1) is 18.5. The van der Waals surface area contributed by atoms with E-state index in [1.165, 1.54) is 12.1 Å². The van der Waals surface area contributed by atoms with Crippen LogP contribution in [-0.4, -0.2) is 41.5 Å². The van der Waals surface area contributed by atoms with Crippen molar-refractivity contribution in [2.45, 2.75) is 19.1 Å². The molecule has 0 bridgehead atoms. The minimum absolute atomic E-state index is 0.236. The number of fused-ring (bicyclic) bond motifs is 2. The molecule has 4 N–H and O–H groups in total. The van der Waals surface area contributed by atoms with Crippen LogP contribution in [0.3, 0.4) is 0 Å². The molecule has 0 aliphatic heterocycles. The molecule has 1 unspecified atom stereocenters. The lowest BCUT2D eigenvalue weighted by Gasteiger charge is -2.14. The van der Waals surface area contributed by atoms with Crippen LogP contribution in [0.5, 0.6) is 0 Å². The van der Waals surface area contributed by atoms with E-state index in [-0.39, 0.29) is 17.1 Å². The molecule has 1 aliphatic carbocycles. The second-order valence-electron chi connectivity index (χ2n) is 9.46. The van der Waals surface area contributed by atoms with Gasteiger partial charge in [-0.05, 0) is 54.8 Å². The smallest absolute Gasteiger partial charge is 0.161 e. The monoisotopic (exact) mass is 509 g/mol. The summed E-state index contributed by atoms with van der Waals surface area (Å²) in [6, 6.07) is 13.2. The van der Waals surface area contributed by atoms with Crippen molar-refractivity contribution in [3.8, 4) is 33.8 Å². The lowest BCUT2D eigenvalue weighted by atomic mass is 10.0. The van der Waals surface area contributed by atoms with Crippen molar-refractivity contribution in [1.29, 1.82) is 0 Å². The van der Waals surface area contributed by atoms with Crippen molar-refractivity contribution in [1.82, 2.24) is 30.1 Å². The van der Waals surface area contributed by atoms with Gasteiger partial charge in [-0.25, -0.2) is 18.7 Å². The maximum Gasteiger partial charge on any atom is 0.161 e. The molecule has 188 valence electrons. The predicted molar refractivity (Wildman–Crippen MR) is 140 cm³/mol. The molecule has 10 heteroatoms. The number of H-pyrrole nitrogens is 2. The third-order valence-corrected chi connectivity index (χ3v) is 6.84. The van der Waals surface area contributed by atoms with Crippen LogP contribution < -0.4 is 5.32 Å². The van der Waals surface area contributed by atoms with Gasteiger partial charge in [0, 0.05) is 35.0 Å². The van der Waals surface area contributed by atoms with E-state index in [9.17, 15) is 9.50 Å². The highest BCUT2D eigenvalue weighted by atomic mass is 19.1. The maximum absolute atomic E-state index is 16.1. The van der Waals surface area contributed by atoms with Gasteiger partial charge in [-0.3, -0.25) is 10.1 Å². The number of hydrogen-bond acceptors (Lipinski definition) is 6. The molecule has 7 rings (SSSR count). The maximum atomic E-state index is 16.1. The minimum atomic E-state index is -0.654. The Labute approximate surface area is 214 Å². The summed E-state index contributed by atoms with van der Waals surface area (Å²) in [7, 11) is 0. The van der Waals surface area contributed by atoms with Crippen LogP contribution >= 0.6 is 0 Å². The van der Waals surface area contributed by atoms with Gasteiger partial charge in [-0.1, -0.05) is 12.1 Å². The summed E-state index contributed by atoms with van der Waals surface area (Å²) in [4.78, 5) is 16.4. The molecule has 1 fully saturated rings. The number of pyridine rings is 2. The van der Waals surface area contributed by atoms with Crippen LogP contribution in [0.1, 0.15) is 12.8 Å². The van der Waals surface area contributed by atoms with E-state index in [1.807, 2.05) is 0 Å². The average molecular weight is 510 g/mol. The molecule has 0 saturated heterocycles. The van der Waals surface area contributed by atoms with E-state index < -0.39 is 12.0 Å². The molecular weight excluding hydrogens is 488 g/mol. The summed E-state index contributed by atoms with van der Waals surface area (Å²) in [5.74, 6) is -0.265. The van der Waals surface area contributed by atoms with Crippen LogP contribution in [-0.2, 0) is 0 Å². The Bertz CT molecular complexity index is 1830. The fraction of sp³-hybridized carbons (Fsp3) is 0.143. The van der Waals surface area contributed by atoms with Gasteiger partial charge < -0.3 is 15.4 Å². The van der Waals surface area contributed by atoms with Gasteiger partial charge in [-0.2, -0.15) is 5.10 Å². The summed E-state index contributed by atoms with van der Waals surface area (Å²) in [6.07, 6.45) is 6.11. The van der Waals surface area contributed by atoms with Crippen LogP contribution in [0.4, 0.5) is 14.5 Å². The van der Waals surface area contributed by atoms with Gasteiger partial charge >= 0.3 is 0 Å². The molecule has 6 aromatic rings. The summed E-state index contributed by atoms with van der Waals surface area (Å²) >= 11 is 0. The molecule has 0 amide bonds. The standard InChI is InChI=1S/C28H21F2N7O/c29-17-3-1-2-15(10-17)20-8-9-32-26-24(20)34-27(35-26)25-22-21(36-37-25)7-6-19(23(22)30)16-11-18(13-31-12-16)33-28(38)14-4-5-14/h1-3,6-14,28,33,38H,4-5H2,(H,36,37)(H,32,34,35). The second kappa shape index (κ2) is 8.70. The van der Waals surface area contributed by atoms with Gasteiger partial charge in [-0.15, -0.1) is 0 Å². The third-order valence-electron chi connectivity index (χ3n) is 6.84. The molecule has 0 radical (unpaired) electrons. The largest absolute Gasteiger partial charge is 0.374 e. The SMILES string of the molecule is OC(Nc1cncc(-c2ccc3[nH]nc(-c4nc5c(-c6cccc(F)c6)ccnc5[nH]4)c3c2F)c1)C1CC1. The van der Waals surface area contributed by atoms with Gasteiger partial charge in [0.1, 0.15) is 29.1 Å². The Morgan fingerprint density at radius 3 is 2.74 bits per heavy atom. The van der Waals surface area contributed by atoms with E-state index in [1.54, 1.807) is 55.0 Å². The molecule has 4 heterocycles. The van der Waals surface area contributed by atoms with Crippen molar-refractivity contribution < 1.29 is 13.9 Å². The van der Waals surface area contributed by atoms with E-state index in [2.05, 4.69) is 35.5 Å². The first kappa shape index (κ1) is 22.5. The third kappa shape index (κ3) is 3.86. The van der Waals surface area contributed by atoms with Crippen molar-refractivity contribution in [2.24, 2.45) is 5.92 Å². The Hall–Kier alpha value is -4.70. The highest BCUT2D eigenvalue weighted by Crippen LogP contribution is 2.36. The Morgan fingerprint density at radius 1 is 1.00 bits per heavy atom. The van der Waals surface area contributed by atoms with Crippen LogP contribution in [0.15, 0.2) is 67.1 Å². The number of aliphatic hydroxyl groups is 1. The number of anilines is 1. The van der Waals surface area contributed by atoms with Crippen LogP contribution in [0.2, 0.25) is 0 Å². The molecule has 38 heavy (non-hydrogen) atoms. The molecule has 1 saturated carbocycles. The van der Waals surface area contributed by atoms with Crippen LogP contribution in [0.25, 0.3) is 55.8 Å². The van der Waals surface area contributed by atoms with Gasteiger partial charge in [0.2, 0.25) is 0 Å². The number of halogens is 2. The number of aromatic amines is 2. The fourth-order valence-corrected chi connectivity index (χ4v) is 4.75. The number of hydrogen-bond donors (Lipinski definition) is 4. The Morgan fingerprint density at radius 2 is 1.89 bits per heavy atom. The Kier molecular flexibility index (Phi) is 5.15. The normalized spacial score (nSPS) is 14.3. The zero-order chi connectivity index (χ0) is 25.8. The molecule has 2 aromatic carbocycles. The minimum Gasteiger partial charge on any atom is -0.374 e. The van der Waals surface area contributed by atoms with Crippen molar-refractivity contribution in [2.75, 3.05) is 5.32 Å². The predicted octanol–water partition coefficient (Wildman–Crippen LogP) is 5.65. The zero-order valence-corrected chi connectivity index (χ0v) is 19.9. The molecule has 8 nitrogen and oxygen atoms in total. The summed E-state index contributed by atoms with van der Waals surface area (Å²) < 4.78 is 29.9. The topological polar surface area (TPSA) is 115 Å². The number of aliphatic hydroxyl groups excluding tert-OH is 1.